The van der Waals surface area contributed by atoms with Crippen LogP contribution in [0.3, 0.4) is 0 Å². The number of amides is 1. The summed E-state index contributed by atoms with van der Waals surface area (Å²) in [4.78, 5) is 22.3. The normalized spacial score (nSPS) is 10.8. The van der Waals surface area contributed by atoms with Crippen molar-refractivity contribution >= 4 is 64.0 Å². The van der Waals surface area contributed by atoms with Crippen LogP contribution in [0.15, 0.2) is 47.6 Å². The van der Waals surface area contributed by atoms with Gasteiger partial charge in [0.2, 0.25) is 5.91 Å². The Morgan fingerprint density at radius 3 is 2.55 bits per heavy atom. The molecule has 3 aromatic rings. The van der Waals surface area contributed by atoms with Crippen molar-refractivity contribution < 1.29 is 9.72 Å². The average molecular weight is 498 g/mol. The maximum absolute atomic E-state index is 12.2. The number of nitrogens with zero attached hydrogens (tertiary/aromatic N) is 4. The number of nitro benzene ring substituents is 1. The first-order valence-corrected chi connectivity index (χ1v) is 11.8. The zero-order valence-corrected chi connectivity index (χ0v) is 19.4. The van der Waals surface area contributed by atoms with Gasteiger partial charge >= 0.3 is 0 Å². The summed E-state index contributed by atoms with van der Waals surface area (Å²) in [5.74, 6) is 2.10. The molecule has 0 spiro atoms. The number of aromatic nitrogens is 3. The first-order valence-electron chi connectivity index (χ1n) is 8.90. The molecule has 0 saturated carbocycles. The third kappa shape index (κ3) is 6.60. The molecular weight excluding hydrogens is 481 g/mol. The second-order valence-corrected chi connectivity index (χ2v) is 9.08. The van der Waals surface area contributed by atoms with Gasteiger partial charge in [-0.2, -0.15) is 0 Å². The van der Waals surface area contributed by atoms with E-state index in [1.165, 1.54) is 36.0 Å². The van der Waals surface area contributed by atoms with E-state index in [0.29, 0.717) is 26.6 Å². The molecule has 1 heterocycles. The fourth-order valence-corrected chi connectivity index (χ4v) is 4.48. The van der Waals surface area contributed by atoms with Crippen LogP contribution in [0.5, 0.6) is 0 Å². The number of nitrogens with one attached hydrogen (secondary N) is 1. The maximum Gasteiger partial charge on any atom is 0.269 e. The van der Waals surface area contributed by atoms with Crippen molar-refractivity contribution in [3.63, 3.8) is 0 Å². The minimum absolute atomic E-state index is 0.0315. The summed E-state index contributed by atoms with van der Waals surface area (Å²) in [6, 6.07) is 11.2. The number of carbonyl (C=O) groups is 1. The molecule has 2 aromatic carbocycles. The van der Waals surface area contributed by atoms with Gasteiger partial charge in [0.15, 0.2) is 5.16 Å². The molecule has 1 amide bonds. The molecule has 0 aliphatic heterocycles. The number of anilines is 1. The monoisotopic (exact) mass is 497 g/mol. The fraction of sp³-hybridized carbons (Fsp3) is 0.211. The highest BCUT2D eigenvalue weighted by Crippen LogP contribution is 2.26. The van der Waals surface area contributed by atoms with Crippen molar-refractivity contribution in [2.75, 3.05) is 11.1 Å². The number of hydrogen-bond acceptors (Lipinski definition) is 7. The van der Waals surface area contributed by atoms with E-state index in [1.54, 1.807) is 17.8 Å². The van der Waals surface area contributed by atoms with Gasteiger partial charge in [0.25, 0.3) is 5.69 Å². The Morgan fingerprint density at radius 2 is 1.87 bits per heavy atom. The molecule has 8 nitrogen and oxygen atoms in total. The summed E-state index contributed by atoms with van der Waals surface area (Å²) in [7, 11) is 1.85. The highest BCUT2D eigenvalue weighted by Gasteiger charge is 2.12. The average Bonchev–Trinajstić information content (AvgIpc) is 3.09. The second-order valence-electron chi connectivity index (χ2n) is 6.34. The lowest BCUT2D eigenvalue weighted by atomic mass is 10.2. The standard InChI is InChI=1S/C19H17Cl2N5O3S2/c1-25-17(10-30-9-12-2-7-15(20)16(21)8-12)23-24-19(25)31-11-18(27)22-13-3-5-14(6-4-13)26(28)29/h2-8H,9-11H2,1H3,(H,22,27). The smallest absolute Gasteiger partial charge is 0.269 e. The van der Waals surface area contributed by atoms with Crippen LogP contribution in [0, 0.1) is 10.1 Å². The van der Waals surface area contributed by atoms with Crippen molar-refractivity contribution in [3.05, 3.63) is 74.0 Å². The third-order valence-corrected chi connectivity index (χ3v) is 6.86. The fourth-order valence-electron chi connectivity index (χ4n) is 2.48. The number of thioether (sulfide) groups is 2. The zero-order chi connectivity index (χ0) is 22.4. The van der Waals surface area contributed by atoms with Crippen LogP contribution in [-0.4, -0.2) is 31.3 Å². The summed E-state index contributed by atoms with van der Waals surface area (Å²) in [6.45, 7) is 0. The molecule has 12 heteroatoms. The molecule has 0 aliphatic rings. The Balaban J connectivity index is 1.47. The minimum atomic E-state index is -0.490. The molecule has 0 aliphatic carbocycles. The van der Waals surface area contributed by atoms with E-state index in [-0.39, 0.29) is 17.3 Å². The molecule has 0 atom stereocenters. The molecule has 0 unspecified atom stereocenters. The van der Waals surface area contributed by atoms with Gasteiger partial charge in [0, 0.05) is 30.6 Å². The quantitative estimate of drug-likeness (QED) is 0.246. The number of hydrogen-bond donors (Lipinski definition) is 1. The molecule has 1 N–H and O–H groups in total. The van der Waals surface area contributed by atoms with Gasteiger partial charge in [-0.1, -0.05) is 41.0 Å². The van der Waals surface area contributed by atoms with Crippen LogP contribution in [0.1, 0.15) is 11.4 Å². The topological polar surface area (TPSA) is 103 Å². The Hall–Kier alpha value is -2.27. The number of nitro groups is 1. The van der Waals surface area contributed by atoms with E-state index in [2.05, 4.69) is 15.5 Å². The number of non-ortho nitro benzene ring substituents is 1. The van der Waals surface area contributed by atoms with E-state index in [4.69, 9.17) is 23.2 Å². The molecular formula is C19H17Cl2N5O3S2. The third-order valence-electron chi connectivity index (χ3n) is 4.10. The van der Waals surface area contributed by atoms with Gasteiger partial charge in [-0.15, -0.1) is 22.0 Å². The number of benzene rings is 2. The van der Waals surface area contributed by atoms with E-state index >= 15 is 0 Å². The van der Waals surface area contributed by atoms with Crippen LogP contribution in [-0.2, 0) is 23.3 Å². The number of rotatable bonds is 9. The van der Waals surface area contributed by atoms with Crippen LogP contribution in [0.4, 0.5) is 11.4 Å². The van der Waals surface area contributed by atoms with Crippen molar-refractivity contribution in [2.45, 2.75) is 16.7 Å². The summed E-state index contributed by atoms with van der Waals surface area (Å²) >= 11 is 14.9. The van der Waals surface area contributed by atoms with Gasteiger partial charge in [0.1, 0.15) is 5.82 Å². The highest BCUT2D eigenvalue weighted by atomic mass is 35.5. The number of halogens is 2. The van der Waals surface area contributed by atoms with Gasteiger partial charge in [-0.3, -0.25) is 14.9 Å². The lowest BCUT2D eigenvalue weighted by Crippen LogP contribution is -2.14. The summed E-state index contributed by atoms with van der Waals surface area (Å²) in [5, 5.41) is 23.4. The Kier molecular flexibility index (Phi) is 8.19. The predicted octanol–water partition coefficient (Wildman–Crippen LogP) is 5.19. The second kappa shape index (κ2) is 10.9. The largest absolute Gasteiger partial charge is 0.325 e. The molecule has 0 fully saturated rings. The molecule has 0 saturated heterocycles. The van der Waals surface area contributed by atoms with Crippen molar-refractivity contribution in [2.24, 2.45) is 7.05 Å². The lowest BCUT2D eigenvalue weighted by molar-refractivity contribution is -0.384. The molecule has 0 bridgehead atoms. The van der Waals surface area contributed by atoms with Crippen molar-refractivity contribution in [1.82, 2.24) is 14.8 Å². The summed E-state index contributed by atoms with van der Waals surface area (Å²) < 4.78 is 1.85. The van der Waals surface area contributed by atoms with Gasteiger partial charge in [-0.25, -0.2) is 0 Å². The van der Waals surface area contributed by atoms with Gasteiger partial charge in [-0.05, 0) is 29.8 Å². The van der Waals surface area contributed by atoms with Crippen LogP contribution in [0.25, 0.3) is 0 Å². The molecule has 31 heavy (non-hydrogen) atoms. The predicted molar refractivity (Wildman–Crippen MR) is 125 cm³/mol. The lowest BCUT2D eigenvalue weighted by Gasteiger charge is -2.06. The van der Waals surface area contributed by atoms with E-state index in [9.17, 15) is 14.9 Å². The van der Waals surface area contributed by atoms with E-state index in [0.717, 1.165) is 17.1 Å². The SMILES string of the molecule is Cn1c(CSCc2ccc(Cl)c(Cl)c2)nnc1SCC(=O)Nc1ccc([N+](=O)[O-])cc1. The van der Waals surface area contributed by atoms with Crippen molar-refractivity contribution in [3.8, 4) is 0 Å². The maximum atomic E-state index is 12.2. The Bertz CT molecular complexity index is 1090. The van der Waals surface area contributed by atoms with Gasteiger partial charge < -0.3 is 9.88 Å². The molecule has 162 valence electrons. The van der Waals surface area contributed by atoms with Crippen LogP contribution < -0.4 is 5.32 Å². The van der Waals surface area contributed by atoms with E-state index in [1.807, 2.05) is 23.7 Å². The first kappa shape index (κ1) is 23.4. The summed E-state index contributed by atoms with van der Waals surface area (Å²) in [6.07, 6.45) is 0. The zero-order valence-electron chi connectivity index (χ0n) is 16.2. The van der Waals surface area contributed by atoms with Crippen LogP contribution >= 0.6 is 46.7 Å². The summed E-state index contributed by atoms with van der Waals surface area (Å²) in [5.41, 5.74) is 1.53. The molecule has 0 radical (unpaired) electrons. The highest BCUT2D eigenvalue weighted by molar-refractivity contribution is 7.99. The Morgan fingerprint density at radius 1 is 1.13 bits per heavy atom. The molecule has 1 aromatic heterocycles. The first-order chi connectivity index (χ1) is 14.8. The number of carbonyl (C=O) groups excluding carboxylic acids is 1. The van der Waals surface area contributed by atoms with Crippen LogP contribution in [0.2, 0.25) is 10.0 Å². The van der Waals surface area contributed by atoms with Gasteiger partial charge in [0.05, 0.1) is 26.5 Å². The molecule has 3 rings (SSSR count). The van der Waals surface area contributed by atoms with E-state index < -0.39 is 4.92 Å². The van der Waals surface area contributed by atoms with Crippen molar-refractivity contribution in [1.29, 1.82) is 0 Å². The Labute approximate surface area is 196 Å². The minimum Gasteiger partial charge on any atom is -0.325 e.